The SMILES string of the molecule is c1ccc(-c2ccc(-c3ccccc3N(c3ccc(-c4ccccc4-c4ccccc4)cc3)c3ccc4c5ccccc5n(-c5ccccc5)c4c3)cc2)cc1. The largest absolute Gasteiger partial charge is 0.310 e. The van der Waals surface area contributed by atoms with Crippen molar-refractivity contribution < 1.29 is 0 Å². The second-order valence-electron chi connectivity index (χ2n) is 14.1. The van der Waals surface area contributed by atoms with Gasteiger partial charge in [0.1, 0.15) is 0 Å². The van der Waals surface area contributed by atoms with Crippen LogP contribution in [-0.4, -0.2) is 4.57 Å². The van der Waals surface area contributed by atoms with E-state index < -0.39 is 0 Å². The summed E-state index contributed by atoms with van der Waals surface area (Å²) in [7, 11) is 0. The van der Waals surface area contributed by atoms with Crippen molar-refractivity contribution in [2.24, 2.45) is 0 Å². The molecule has 56 heavy (non-hydrogen) atoms. The molecule has 2 heteroatoms. The molecule has 0 radical (unpaired) electrons. The highest BCUT2D eigenvalue weighted by molar-refractivity contribution is 6.10. The fourth-order valence-corrected chi connectivity index (χ4v) is 8.16. The fraction of sp³-hybridized carbons (Fsp3) is 0. The molecular weight excluding hydrogens is 677 g/mol. The molecule has 2 nitrogen and oxygen atoms in total. The van der Waals surface area contributed by atoms with E-state index in [0.29, 0.717) is 0 Å². The summed E-state index contributed by atoms with van der Waals surface area (Å²) in [5.74, 6) is 0. The maximum atomic E-state index is 2.42. The molecule has 0 amide bonds. The monoisotopic (exact) mass is 714 g/mol. The van der Waals surface area contributed by atoms with Crippen LogP contribution in [0.15, 0.2) is 231 Å². The van der Waals surface area contributed by atoms with Crippen molar-refractivity contribution in [3.05, 3.63) is 231 Å². The Morgan fingerprint density at radius 2 is 0.732 bits per heavy atom. The summed E-state index contributed by atoms with van der Waals surface area (Å²) in [5.41, 5.74) is 16.3. The van der Waals surface area contributed by atoms with Gasteiger partial charge in [0.05, 0.1) is 16.7 Å². The van der Waals surface area contributed by atoms with Gasteiger partial charge in [-0.2, -0.15) is 0 Å². The molecule has 0 spiro atoms. The first-order valence-electron chi connectivity index (χ1n) is 19.2. The van der Waals surface area contributed by atoms with Crippen LogP contribution in [0.1, 0.15) is 0 Å². The van der Waals surface area contributed by atoms with Crippen molar-refractivity contribution in [3.63, 3.8) is 0 Å². The number of para-hydroxylation sites is 3. The van der Waals surface area contributed by atoms with Crippen molar-refractivity contribution >= 4 is 38.9 Å². The normalized spacial score (nSPS) is 11.2. The van der Waals surface area contributed by atoms with Crippen LogP contribution in [0.3, 0.4) is 0 Å². The number of aromatic nitrogens is 1. The van der Waals surface area contributed by atoms with E-state index in [-0.39, 0.29) is 0 Å². The number of rotatable bonds is 8. The number of benzene rings is 9. The Hall–Kier alpha value is -7.42. The summed E-state index contributed by atoms with van der Waals surface area (Å²) in [4.78, 5) is 2.42. The van der Waals surface area contributed by atoms with E-state index in [1.807, 2.05) is 0 Å². The fourth-order valence-electron chi connectivity index (χ4n) is 8.16. The minimum atomic E-state index is 1.08. The predicted octanol–water partition coefficient (Wildman–Crippen LogP) is 14.9. The minimum Gasteiger partial charge on any atom is -0.310 e. The first-order valence-corrected chi connectivity index (χ1v) is 19.2. The molecule has 0 N–H and O–H groups in total. The first-order chi connectivity index (χ1) is 27.8. The van der Waals surface area contributed by atoms with Crippen molar-refractivity contribution in [1.82, 2.24) is 4.57 Å². The quantitative estimate of drug-likeness (QED) is 0.152. The van der Waals surface area contributed by atoms with Crippen molar-refractivity contribution in [3.8, 4) is 50.2 Å². The molecule has 0 atom stereocenters. The second-order valence-corrected chi connectivity index (χ2v) is 14.1. The van der Waals surface area contributed by atoms with Crippen molar-refractivity contribution in [2.45, 2.75) is 0 Å². The van der Waals surface area contributed by atoms with Crippen LogP contribution in [0.2, 0.25) is 0 Å². The Morgan fingerprint density at radius 1 is 0.286 bits per heavy atom. The molecule has 0 saturated heterocycles. The van der Waals surface area contributed by atoms with Crippen molar-refractivity contribution in [2.75, 3.05) is 4.90 Å². The lowest BCUT2D eigenvalue weighted by molar-refractivity contribution is 1.18. The van der Waals surface area contributed by atoms with Crippen LogP contribution in [0.5, 0.6) is 0 Å². The molecule has 0 aliphatic carbocycles. The van der Waals surface area contributed by atoms with Gasteiger partial charge in [0.25, 0.3) is 0 Å². The average molecular weight is 715 g/mol. The van der Waals surface area contributed by atoms with E-state index >= 15 is 0 Å². The van der Waals surface area contributed by atoms with Gasteiger partial charge < -0.3 is 9.47 Å². The molecule has 0 aliphatic rings. The third kappa shape index (κ3) is 6.04. The van der Waals surface area contributed by atoms with Gasteiger partial charge in [0, 0.05) is 33.4 Å². The van der Waals surface area contributed by atoms with Crippen LogP contribution in [0.25, 0.3) is 72.0 Å². The molecule has 1 heterocycles. The molecule has 0 aliphatic heterocycles. The highest BCUT2D eigenvalue weighted by Crippen LogP contribution is 2.44. The first kappa shape index (κ1) is 33.2. The Labute approximate surface area is 327 Å². The van der Waals surface area contributed by atoms with Gasteiger partial charge in [-0.1, -0.05) is 182 Å². The smallest absolute Gasteiger partial charge is 0.0561 e. The molecule has 0 bridgehead atoms. The van der Waals surface area contributed by atoms with Gasteiger partial charge in [0.2, 0.25) is 0 Å². The molecule has 0 unspecified atom stereocenters. The Morgan fingerprint density at radius 3 is 1.43 bits per heavy atom. The molecule has 0 saturated carbocycles. The van der Waals surface area contributed by atoms with E-state index in [9.17, 15) is 0 Å². The van der Waals surface area contributed by atoms with Gasteiger partial charge in [-0.15, -0.1) is 0 Å². The zero-order valence-electron chi connectivity index (χ0n) is 30.8. The lowest BCUT2D eigenvalue weighted by atomic mass is 9.94. The molecule has 0 fully saturated rings. The molecule has 10 aromatic rings. The van der Waals surface area contributed by atoms with Crippen LogP contribution in [0.4, 0.5) is 17.1 Å². The zero-order valence-corrected chi connectivity index (χ0v) is 30.8. The summed E-state index contributed by atoms with van der Waals surface area (Å²) >= 11 is 0. The minimum absolute atomic E-state index is 1.08. The van der Waals surface area contributed by atoms with Gasteiger partial charge in [-0.3, -0.25) is 0 Å². The lowest BCUT2D eigenvalue weighted by Crippen LogP contribution is -2.11. The number of nitrogens with zero attached hydrogens (tertiary/aromatic N) is 2. The van der Waals surface area contributed by atoms with Crippen LogP contribution in [-0.2, 0) is 0 Å². The Bertz CT molecular complexity index is 2930. The number of fused-ring (bicyclic) bond motifs is 3. The second kappa shape index (κ2) is 14.4. The maximum Gasteiger partial charge on any atom is 0.0561 e. The van der Waals surface area contributed by atoms with Crippen LogP contribution >= 0.6 is 0 Å². The summed E-state index contributed by atoms with van der Waals surface area (Å²) in [6.45, 7) is 0. The van der Waals surface area contributed by atoms with Gasteiger partial charge in [0.15, 0.2) is 0 Å². The van der Waals surface area contributed by atoms with Gasteiger partial charge in [-0.25, -0.2) is 0 Å². The molecule has 9 aromatic carbocycles. The van der Waals surface area contributed by atoms with E-state index in [0.717, 1.165) is 39.4 Å². The lowest BCUT2D eigenvalue weighted by Gasteiger charge is -2.28. The predicted molar refractivity (Wildman–Crippen MR) is 237 cm³/mol. The molecule has 1 aromatic heterocycles. The topological polar surface area (TPSA) is 8.17 Å². The van der Waals surface area contributed by atoms with E-state index in [1.54, 1.807) is 0 Å². The molecule has 264 valence electrons. The molecular formula is C54H38N2. The highest BCUT2D eigenvalue weighted by Gasteiger charge is 2.20. The summed E-state index contributed by atoms with van der Waals surface area (Å²) in [6.07, 6.45) is 0. The summed E-state index contributed by atoms with van der Waals surface area (Å²) in [5, 5.41) is 2.47. The Kier molecular flexibility index (Phi) is 8.55. The van der Waals surface area contributed by atoms with E-state index in [4.69, 9.17) is 0 Å². The van der Waals surface area contributed by atoms with Crippen molar-refractivity contribution in [1.29, 1.82) is 0 Å². The van der Waals surface area contributed by atoms with E-state index in [2.05, 4.69) is 240 Å². The molecule has 10 rings (SSSR count). The number of hydrogen-bond donors (Lipinski definition) is 0. The maximum absolute atomic E-state index is 2.42. The standard InChI is InChI=1S/C54H38N2/c1-4-16-39(17-5-1)40-28-30-43(31-29-40)49-24-12-14-26-52(49)55(45-34-32-42(33-35-45)48-23-11-10-22-47(48)41-18-6-2-7-19-41)46-36-37-51-50-25-13-15-27-53(50)56(54(51)38-46)44-20-8-3-9-21-44/h1-38H. The third-order valence-electron chi connectivity index (χ3n) is 10.8. The highest BCUT2D eigenvalue weighted by atomic mass is 15.1. The Balaban J connectivity index is 1.15. The van der Waals surface area contributed by atoms with E-state index in [1.165, 1.54) is 49.7 Å². The van der Waals surface area contributed by atoms with Crippen LogP contribution in [0, 0.1) is 0 Å². The average Bonchev–Trinajstić information content (AvgIpc) is 3.61. The van der Waals surface area contributed by atoms with Crippen LogP contribution < -0.4 is 4.90 Å². The van der Waals surface area contributed by atoms with Gasteiger partial charge in [-0.05, 0) is 87.5 Å². The zero-order chi connectivity index (χ0) is 37.3. The number of anilines is 3. The number of hydrogen-bond acceptors (Lipinski definition) is 1. The summed E-state index contributed by atoms with van der Waals surface area (Å²) < 4.78 is 2.39. The summed E-state index contributed by atoms with van der Waals surface area (Å²) in [6, 6.07) is 83.0. The van der Waals surface area contributed by atoms with Gasteiger partial charge >= 0.3 is 0 Å². The third-order valence-corrected chi connectivity index (χ3v) is 10.8.